The van der Waals surface area contributed by atoms with E-state index >= 15 is 0 Å². The van der Waals surface area contributed by atoms with Crippen molar-refractivity contribution in [3.8, 4) is 0 Å². The minimum absolute atomic E-state index is 0.0640. The fourth-order valence-electron chi connectivity index (χ4n) is 7.30. The maximum absolute atomic E-state index is 12.7. The number of unbranched alkanes of at least 4 members (excludes halogenated alkanes) is 30. The molecule has 0 N–H and O–H groups in total. The first kappa shape index (κ1) is 53.4. The van der Waals surface area contributed by atoms with Gasteiger partial charge in [0, 0.05) is 19.3 Å². The molecule has 0 radical (unpaired) electrons. The molecular formula is C49H94O6. The second-order valence-corrected chi connectivity index (χ2v) is 17.0. The Balaban J connectivity index is 4.30. The van der Waals surface area contributed by atoms with Gasteiger partial charge in [0.2, 0.25) is 0 Å². The number of carbonyl (C=O) groups is 3. The summed E-state index contributed by atoms with van der Waals surface area (Å²) < 4.78 is 16.7. The van der Waals surface area contributed by atoms with Crippen LogP contribution in [0.2, 0.25) is 0 Å². The lowest BCUT2D eigenvalue weighted by atomic mass is 10.00. The molecule has 55 heavy (non-hydrogen) atoms. The Kier molecular flexibility index (Phi) is 42.3. The summed E-state index contributed by atoms with van der Waals surface area (Å²) in [5.41, 5.74) is 0. The number of hydrogen-bond donors (Lipinski definition) is 0. The van der Waals surface area contributed by atoms with Crippen molar-refractivity contribution in [2.75, 3.05) is 13.2 Å². The molecule has 0 fully saturated rings. The predicted octanol–water partition coefficient (Wildman–Crippen LogP) is 15.5. The lowest BCUT2D eigenvalue weighted by Gasteiger charge is -2.18. The van der Waals surface area contributed by atoms with Crippen molar-refractivity contribution in [3.05, 3.63) is 0 Å². The van der Waals surface area contributed by atoms with Gasteiger partial charge in [-0.3, -0.25) is 14.4 Å². The van der Waals surface area contributed by atoms with E-state index in [1.165, 1.54) is 167 Å². The van der Waals surface area contributed by atoms with Crippen molar-refractivity contribution in [2.45, 2.75) is 278 Å². The SMILES string of the molecule is CCCCCCCCCCCCCCCCCCC(=O)O[C@@H](COC(=O)CCCCCCCCCCCCC)COC(=O)CCCCCCCCC(C)CC. The first-order valence-corrected chi connectivity index (χ1v) is 24.4. The Morgan fingerprint density at radius 2 is 0.636 bits per heavy atom. The second kappa shape index (κ2) is 43.5. The van der Waals surface area contributed by atoms with Gasteiger partial charge in [-0.1, -0.05) is 233 Å². The Bertz CT molecular complexity index is 828. The molecule has 0 rings (SSSR count). The van der Waals surface area contributed by atoms with Gasteiger partial charge < -0.3 is 14.2 Å². The van der Waals surface area contributed by atoms with Crippen molar-refractivity contribution in [3.63, 3.8) is 0 Å². The maximum atomic E-state index is 12.7. The van der Waals surface area contributed by atoms with Crippen LogP contribution in [0.15, 0.2) is 0 Å². The van der Waals surface area contributed by atoms with Crippen LogP contribution in [-0.2, 0) is 28.6 Å². The molecule has 0 saturated carbocycles. The summed E-state index contributed by atoms with van der Waals surface area (Å²) in [6, 6.07) is 0. The normalized spacial score (nSPS) is 12.4. The zero-order chi connectivity index (χ0) is 40.3. The van der Waals surface area contributed by atoms with E-state index in [0.29, 0.717) is 19.3 Å². The third-order valence-electron chi connectivity index (χ3n) is 11.4. The molecule has 2 atom stereocenters. The van der Waals surface area contributed by atoms with Crippen molar-refractivity contribution in [1.82, 2.24) is 0 Å². The fourth-order valence-corrected chi connectivity index (χ4v) is 7.30. The zero-order valence-electron chi connectivity index (χ0n) is 37.4. The summed E-state index contributed by atoms with van der Waals surface area (Å²) in [7, 11) is 0. The average molecular weight is 779 g/mol. The molecular weight excluding hydrogens is 685 g/mol. The van der Waals surface area contributed by atoms with Crippen LogP contribution >= 0.6 is 0 Å². The fraction of sp³-hybridized carbons (Fsp3) is 0.939. The number of esters is 3. The molecule has 0 saturated heterocycles. The highest BCUT2D eigenvalue weighted by atomic mass is 16.6. The van der Waals surface area contributed by atoms with Crippen LogP contribution in [0.1, 0.15) is 272 Å². The summed E-state index contributed by atoms with van der Waals surface area (Å²) >= 11 is 0. The highest BCUT2D eigenvalue weighted by Gasteiger charge is 2.19. The van der Waals surface area contributed by atoms with Gasteiger partial charge in [-0.15, -0.1) is 0 Å². The molecule has 6 heteroatoms. The highest BCUT2D eigenvalue weighted by Crippen LogP contribution is 2.17. The van der Waals surface area contributed by atoms with E-state index < -0.39 is 6.10 Å². The van der Waals surface area contributed by atoms with E-state index in [4.69, 9.17) is 14.2 Å². The van der Waals surface area contributed by atoms with Crippen molar-refractivity contribution in [1.29, 1.82) is 0 Å². The topological polar surface area (TPSA) is 78.9 Å². The van der Waals surface area contributed by atoms with E-state index in [1.54, 1.807) is 0 Å². The summed E-state index contributed by atoms with van der Waals surface area (Å²) in [6.07, 6.45) is 43.7. The van der Waals surface area contributed by atoms with Gasteiger partial charge in [-0.25, -0.2) is 0 Å². The van der Waals surface area contributed by atoms with E-state index in [9.17, 15) is 14.4 Å². The molecule has 0 spiro atoms. The van der Waals surface area contributed by atoms with Gasteiger partial charge in [0.15, 0.2) is 6.10 Å². The quantitative estimate of drug-likeness (QED) is 0.0348. The van der Waals surface area contributed by atoms with Gasteiger partial charge in [0.1, 0.15) is 13.2 Å². The van der Waals surface area contributed by atoms with Gasteiger partial charge >= 0.3 is 17.9 Å². The third kappa shape index (κ3) is 41.9. The predicted molar refractivity (Wildman–Crippen MR) is 233 cm³/mol. The molecule has 326 valence electrons. The van der Waals surface area contributed by atoms with Crippen LogP contribution in [0.25, 0.3) is 0 Å². The van der Waals surface area contributed by atoms with Gasteiger partial charge in [-0.05, 0) is 25.2 Å². The monoisotopic (exact) mass is 779 g/mol. The highest BCUT2D eigenvalue weighted by molar-refractivity contribution is 5.71. The molecule has 0 aromatic carbocycles. The van der Waals surface area contributed by atoms with Crippen LogP contribution in [-0.4, -0.2) is 37.2 Å². The third-order valence-corrected chi connectivity index (χ3v) is 11.4. The van der Waals surface area contributed by atoms with Crippen LogP contribution < -0.4 is 0 Å². The molecule has 0 heterocycles. The van der Waals surface area contributed by atoms with Crippen LogP contribution in [0, 0.1) is 5.92 Å². The van der Waals surface area contributed by atoms with E-state index in [1.807, 2.05) is 0 Å². The Hall–Kier alpha value is -1.59. The Morgan fingerprint density at radius 3 is 0.945 bits per heavy atom. The first-order chi connectivity index (χ1) is 26.9. The largest absolute Gasteiger partial charge is 0.462 e. The van der Waals surface area contributed by atoms with Crippen molar-refractivity contribution >= 4 is 17.9 Å². The van der Waals surface area contributed by atoms with E-state index in [2.05, 4.69) is 27.7 Å². The molecule has 0 amide bonds. The van der Waals surface area contributed by atoms with Gasteiger partial charge in [0.25, 0.3) is 0 Å². The second-order valence-electron chi connectivity index (χ2n) is 17.0. The minimum Gasteiger partial charge on any atom is -0.462 e. The van der Waals surface area contributed by atoms with Crippen LogP contribution in [0.4, 0.5) is 0 Å². The minimum atomic E-state index is -0.760. The summed E-state index contributed by atoms with van der Waals surface area (Å²) in [5, 5.41) is 0. The molecule has 0 aliphatic rings. The molecule has 1 unspecified atom stereocenters. The molecule has 0 aromatic rings. The number of hydrogen-bond acceptors (Lipinski definition) is 6. The van der Waals surface area contributed by atoms with Gasteiger partial charge in [0.05, 0.1) is 0 Å². The number of rotatable bonds is 44. The van der Waals surface area contributed by atoms with Crippen molar-refractivity contribution < 1.29 is 28.6 Å². The lowest BCUT2D eigenvalue weighted by molar-refractivity contribution is -0.167. The molecule has 0 aliphatic heterocycles. The van der Waals surface area contributed by atoms with Crippen molar-refractivity contribution in [2.24, 2.45) is 5.92 Å². The average Bonchev–Trinajstić information content (AvgIpc) is 3.18. The maximum Gasteiger partial charge on any atom is 0.306 e. The Labute approximate surface area is 342 Å². The smallest absolute Gasteiger partial charge is 0.306 e. The zero-order valence-corrected chi connectivity index (χ0v) is 37.4. The van der Waals surface area contributed by atoms with Crippen LogP contribution in [0.5, 0.6) is 0 Å². The molecule has 0 bridgehead atoms. The first-order valence-electron chi connectivity index (χ1n) is 24.4. The molecule has 0 aromatic heterocycles. The van der Waals surface area contributed by atoms with Gasteiger partial charge in [-0.2, -0.15) is 0 Å². The van der Waals surface area contributed by atoms with E-state index in [0.717, 1.165) is 63.7 Å². The molecule has 0 aliphatic carbocycles. The molecule has 6 nitrogen and oxygen atoms in total. The number of ether oxygens (including phenoxy) is 3. The van der Waals surface area contributed by atoms with Crippen LogP contribution in [0.3, 0.4) is 0 Å². The summed E-state index contributed by atoms with van der Waals surface area (Å²) in [4.78, 5) is 37.8. The standard InChI is InChI=1S/C49H94O6/c1-5-8-10-12-14-16-18-19-20-21-22-24-26-28-34-38-42-49(52)55-46(44-54-48(51)41-37-33-30-29-31-35-39-45(4)7-3)43-53-47(50)40-36-32-27-25-23-17-15-13-11-9-6-2/h45-46H,5-44H2,1-4H3/t45?,46-/m0/s1. The summed E-state index contributed by atoms with van der Waals surface area (Å²) in [5.74, 6) is -0.0381. The lowest BCUT2D eigenvalue weighted by Crippen LogP contribution is -2.30. The Morgan fingerprint density at radius 1 is 0.364 bits per heavy atom. The number of carbonyl (C=O) groups excluding carboxylic acids is 3. The van der Waals surface area contributed by atoms with E-state index in [-0.39, 0.29) is 31.1 Å². The summed E-state index contributed by atoms with van der Waals surface area (Å²) in [6.45, 7) is 8.98.